The molecule has 6 nitrogen and oxygen atoms in total. The van der Waals surface area contributed by atoms with Gasteiger partial charge < -0.3 is 4.84 Å². The van der Waals surface area contributed by atoms with Crippen molar-refractivity contribution in [3.63, 3.8) is 0 Å². The largest absolute Gasteiger partial charge is 0.354 e. The van der Waals surface area contributed by atoms with Crippen molar-refractivity contribution >= 4 is 29.4 Å². The molecule has 0 aliphatic carbocycles. The molecule has 0 fully saturated rings. The van der Waals surface area contributed by atoms with E-state index in [9.17, 15) is 14.4 Å². The highest BCUT2D eigenvalue weighted by Gasteiger charge is 2.40. The van der Waals surface area contributed by atoms with Crippen molar-refractivity contribution in [1.82, 2.24) is 9.96 Å². The van der Waals surface area contributed by atoms with Crippen LogP contribution in [0.3, 0.4) is 0 Å². The van der Waals surface area contributed by atoms with Gasteiger partial charge in [-0.15, -0.1) is 0 Å². The summed E-state index contributed by atoms with van der Waals surface area (Å²) in [5, 5.41) is 0.978. The molecule has 2 aromatic rings. The molecule has 3 rings (SSSR count). The highest BCUT2D eigenvalue weighted by Crippen LogP contribution is 2.27. The minimum absolute atomic E-state index is 0.212. The summed E-state index contributed by atoms with van der Waals surface area (Å²) in [5.41, 5.74) is 1.02. The van der Waals surface area contributed by atoms with E-state index in [2.05, 4.69) is 0 Å². The topological polar surface area (TPSA) is 66.9 Å². The van der Waals surface area contributed by atoms with Crippen molar-refractivity contribution < 1.29 is 19.2 Å². The maximum absolute atomic E-state index is 12.6. The Kier molecular flexibility index (Phi) is 4.57. The Bertz CT molecular complexity index is 831. The van der Waals surface area contributed by atoms with E-state index in [0.29, 0.717) is 15.6 Å². The maximum atomic E-state index is 12.6. The van der Waals surface area contributed by atoms with Gasteiger partial charge in [0.2, 0.25) is 0 Å². The van der Waals surface area contributed by atoms with Crippen molar-refractivity contribution in [2.24, 2.45) is 0 Å². The Balaban J connectivity index is 1.86. The van der Waals surface area contributed by atoms with E-state index in [-0.39, 0.29) is 11.1 Å². The number of likely N-dealkylation sites (N-methyl/N-ethyl adjacent to an activating group) is 1. The molecule has 0 N–H and O–H groups in total. The molecule has 2 aromatic carbocycles. The minimum Gasteiger partial charge on any atom is -0.328 e. The zero-order chi connectivity index (χ0) is 18.1. The zero-order valence-electron chi connectivity index (χ0n) is 13.6. The third-order valence-electron chi connectivity index (χ3n) is 3.84. The van der Waals surface area contributed by atoms with Gasteiger partial charge in [0.05, 0.1) is 11.1 Å². The van der Waals surface area contributed by atoms with Crippen LogP contribution in [0, 0.1) is 0 Å². The molecule has 0 aromatic heterocycles. The van der Waals surface area contributed by atoms with Crippen LogP contribution in [0.2, 0.25) is 5.02 Å². The number of hydrogen-bond acceptors (Lipinski definition) is 5. The van der Waals surface area contributed by atoms with Crippen molar-refractivity contribution in [3.8, 4) is 0 Å². The fraction of sp³-hybridized carbons (Fsp3) is 0.167. The maximum Gasteiger partial charge on any atom is 0.354 e. The molecule has 25 heavy (non-hydrogen) atoms. The molecule has 1 heterocycles. The quantitative estimate of drug-likeness (QED) is 0.786. The molecule has 1 aliphatic rings. The molecule has 0 saturated carbocycles. The van der Waals surface area contributed by atoms with E-state index in [4.69, 9.17) is 16.4 Å². The molecular formula is C18H15ClN2O4. The molecule has 1 atom stereocenters. The van der Waals surface area contributed by atoms with E-state index in [1.54, 1.807) is 55.4 Å². The lowest BCUT2D eigenvalue weighted by atomic mass is 10.1. The Labute approximate surface area is 149 Å². The summed E-state index contributed by atoms with van der Waals surface area (Å²) in [4.78, 5) is 44.0. The number of hydroxylamine groups is 2. The van der Waals surface area contributed by atoms with Crippen LogP contribution < -0.4 is 0 Å². The minimum atomic E-state index is -0.817. The van der Waals surface area contributed by atoms with Crippen LogP contribution in [-0.4, -0.2) is 41.8 Å². The average Bonchev–Trinajstić information content (AvgIpc) is 2.80. The lowest BCUT2D eigenvalue weighted by Crippen LogP contribution is -2.38. The van der Waals surface area contributed by atoms with Crippen molar-refractivity contribution in [3.05, 3.63) is 70.2 Å². The molecular weight excluding hydrogens is 344 g/mol. The van der Waals surface area contributed by atoms with Gasteiger partial charge in [-0.05, 0) is 43.9 Å². The number of nitrogens with zero attached hydrogens (tertiary/aromatic N) is 2. The van der Waals surface area contributed by atoms with Gasteiger partial charge in [0.1, 0.15) is 6.04 Å². The summed E-state index contributed by atoms with van der Waals surface area (Å²) < 4.78 is 0. The smallest absolute Gasteiger partial charge is 0.328 e. The predicted octanol–water partition coefficient (Wildman–Crippen LogP) is 2.70. The number of imide groups is 1. The molecule has 128 valence electrons. The molecule has 1 unspecified atom stereocenters. The van der Waals surface area contributed by atoms with Gasteiger partial charge in [0.25, 0.3) is 11.8 Å². The van der Waals surface area contributed by atoms with Gasteiger partial charge >= 0.3 is 5.97 Å². The van der Waals surface area contributed by atoms with Crippen molar-refractivity contribution in [2.75, 3.05) is 14.1 Å². The molecule has 2 amide bonds. The summed E-state index contributed by atoms with van der Waals surface area (Å²) in [6.45, 7) is 0. The molecule has 7 heteroatoms. The van der Waals surface area contributed by atoms with Gasteiger partial charge in [-0.2, -0.15) is 0 Å². The van der Waals surface area contributed by atoms with Crippen molar-refractivity contribution in [1.29, 1.82) is 0 Å². The fourth-order valence-electron chi connectivity index (χ4n) is 2.71. The highest BCUT2D eigenvalue weighted by atomic mass is 35.5. The van der Waals surface area contributed by atoms with Gasteiger partial charge in [0.15, 0.2) is 0 Å². The third kappa shape index (κ3) is 3.14. The van der Waals surface area contributed by atoms with E-state index < -0.39 is 23.8 Å². The average molecular weight is 359 g/mol. The van der Waals surface area contributed by atoms with Crippen LogP contribution in [0.5, 0.6) is 0 Å². The van der Waals surface area contributed by atoms with Gasteiger partial charge in [-0.3, -0.25) is 14.5 Å². The second-order valence-corrected chi connectivity index (χ2v) is 6.22. The first-order valence-corrected chi connectivity index (χ1v) is 7.89. The number of carbonyl (C=O) groups is 3. The summed E-state index contributed by atoms with van der Waals surface area (Å²) in [7, 11) is 3.38. The molecule has 0 spiro atoms. The normalized spacial score (nSPS) is 14.6. The monoisotopic (exact) mass is 358 g/mol. The van der Waals surface area contributed by atoms with Crippen molar-refractivity contribution in [2.45, 2.75) is 6.04 Å². The van der Waals surface area contributed by atoms with E-state index in [1.807, 2.05) is 0 Å². The fourth-order valence-corrected chi connectivity index (χ4v) is 2.91. The Morgan fingerprint density at radius 1 is 1.04 bits per heavy atom. The molecule has 0 saturated heterocycles. The Morgan fingerprint density at radius 2 is 1.64 bits per heavy atom. The Hall–Kier alpha value is -2.70. The second kappa shape index (κ2) is 6.66. The summed E-state index contributed by atoms with van der Waals surface area (Å²) in [6, 6.07) is 12.3. The van der Waals surface area contributed by atoms with Crippen LogP contribution in [0.4, 0.5) is 0 Å². The summed E-state index contributed by atoms with van der Waals surface area (Å²) in [6.07, 6.45) is 0. The number of fused-ring (bicyclic) bond motifs is 1. The van der Waals surface area contributed by atoms with Gasteiger partial charge in [0, 0.05) is 5.02 Å². The lowest BCUT2D eigenvalue weighted by molar-refractivity contribution is -0.174. The number of benzene rings is 2. The number of halogens is 1. The first kappa shape index (κ1) is 17.1. The second-order valence-electron chi connectivity index (χ2n) is 5.78. The number of amides is 2. The lowest BCUT2D eigenvalue weighted by Gasteiger charge is -2.24. The first-order chi connectivity index (χ1) is 11.9. The van der Waals surface area contributed by atoms with Crippen LogP contribution in [-0.2, 0) is 9.63 Å². The van der Waals surface area contributed by atoms with E-state index in [1.165, 1.54) is 12.1 Å². The van der Waals surface area contributed by atoms with E-state index >= 15 is 0 Å². The number of carbonyl (C=O) groups excluding carboxylic acids is 3. The zero-order valence-corrected chi connectivity index (χ0v) is 14.4. The third-order valence-corrected chi connectivity index (χ3v) is 4.08. The van der Waals surface area contributed by atoms with Crippen LogP contribution in [0.25, 0.3) is 0 Å². The van der Waals surface area contributed by atoms with Crippen LogP contribution in [0.1, 0.15) is 32.3 Å². The highest BCUT2D eigenvalue weighted by molar-refractivity contribution is 6.30. The van der Waals surface area contributed by atoms with Crippen LogP contribution in [0.15, 0.2) is 48.5 Å². The molecule has 0 bridgehead atoms. The number of rotatable bonds is 4. The van der Waals surface area contributed by atoms with Gasteiger partial charge in [-0.25, -0.2) is 4.79 Å². The SMILES string of the molecule is CN(C)C(C(=O)ON1C(=O)c2ccccc2C1=O)c1cccc(Cl)c1. The number of hydrogen-bond donors (Lipinski definition) is 0. The van der Waals surface area contributed by atoms with E-state index in [0.717, 1.165) is 0 Å². The van der Waals surface area contributed by atoms with Crippen LogP contribution >= 0.6 is 11.6 Å². The van der Waals surface area contributed by atoms with Gasteiger partial charge in [-0.1, -0.05) is 40.9 Å². The Morgan fingerprint density at radius 3 is 2.16 bits per heavy atom. The summed E-state index contributed by atoms with van der Waals surface area (Å²) in [5.74, 6) is -2.06. The molecule has 1 aliphatic heterocycles. The predicted molar refractivity (Wildman–Crippen MR) is 90.9 cm³/mol. The summed E-state index contributed by atoms with van der Waals surface area (Å²) >= 11 is 5.99. The standard InChI is InChI=1S/C18H15ClN2O4/c1-20(2)15(11-6-5-7-12(19)10-11)18(24)25-21-16(22)13-8-3-4-9-14(13)17(21)23/h3-10,15H,1-2H3. The molecule has 0 radical (unpaired) electrons. The first-order valence-electron chi connectivity index (χ1n) is 7.51.